The number of amides is 1. The van der Waals surface area contributed by atoms with Crippen LogP contribution in [0.25, 0.3) is 0 Å². The molecule has 2 N–H and O–H groups in total. The molecule has 2 rings (SSSR count). The van der Waals surface area contributed by atoms with Gasteiger partial charge in [-0.3, -0.25) is 4.79 Å². The number of carboxylic acid groups (broad SMARTS) is 1. The van der Waals surface area contributed by atoms with Crippen molar-refractivity contribution < 1.29 is 19.4 Å². The van der Waals surface area contributed by atoms with Crippen LogP contribution in [0.15, 0.2) is 24.3 Å². The van der Waals surface area contributed by atoms with Crippen LogP contribution >= 0.6 is 0 Å². The number of aromatic carboxylic acids is 1. The molecule has 1 aromatic carbocycles. The van der Waals surface area contributed by atoms with Gasteiger partial charge in [0.1, 0.15) is 0 Å². The molecule has 5 heteroatoms. The van der Waals surface area contributed by atoms with Crippen LogP contribution in [0, 0.1) is 5.92 Å². The molecule has 108 valence electrons. The molecular weight excluding hydrogens is 258 g/mol. The number of nitrogens with one attached hydrogen (secondary N) is 1. The van der Waals surface area contributed by atoms with Gasteiger partial charge >= 0.3 is 5.97 Å². The lowest BCUT2D eigenvalue weighted by Gasteiger charge is -2.21. The number of carbonyl (C=O) groups excluding carboxylic acids is 1. The summed E-state index contributed by atoms with van der Waals surface area (Å²) >= 11 is 0. The minimum Gasteiger partial charge on any atom is -0.478 e. The maximum absolute atomic E-state index is 11.9. The van der Waals surface area contributed by atoms with Gasteiger partial charge in [-0.05, 0) is 43.4 Å². The van der Waals surface area contributed by atoms with Gasteiger partial charge in [-0.2, -0.15) is 0 Å². The predicted molar refractivity (Wildman–Crippen MR) is 73.9 cm³/mol. The molecular formula is C15H19NO4. The van der Waals surface area contributed by atoms with E-state index in [2.05, 4.69) is 5.32 Å². The summed E-state index contributed by atoms with van der Waals surface area (Å²) in [5.41, 5.74) is 0.503. The standard InChI is InChI=1S/C15H19NO4/c17-14(12-4-1-5-13(9-12)15(18)19)16-7-6-11-3-2-8-20-10-11/h1,4-5,9,11H,2-3,6-8,10H2,(H,16,17)(H,18,19)/t11-/m0/s1. The van der Waals surface area contributed by atoms with E-state index in [-0.39, 0.29) is 11.5 Å². The van der Waals surface area contributed by atoms with Crippen molar-refractivity contribution in [2.75, 3.05) is 19.8 Å². The summed E-state index contributed by atoms with van der Waals surface area (Å²) in [7, 11) is 0. The van der Waals surface area contributed by atoms with Crippen molar-refractivity contribution in [1.29, 1.82) is 0 Å². The number of rotatable bonds is 5. The van der Waals surface area contributed by atoms with Gasteiger partial charge in [0, 0.05) is 25.3 Å². The van der Waals surface area contributed by atoms with Gasteiger partial charge in [0.15, 0.2) is 0 Å². The highest BCUT2D eigenvalue weighted by Gasteiger charge is 2.14. The van der Waals surface area contributed by atoms with Gasteiger partial charge in [0.2, 0.25) is 0 Å². The average Bonchev–Trinajstić information content (AvgIpc) is 2.48. The smallest absolute Gasteiger partial charge is 0.335 e. The molecule has 1 saturated heterocycles. The molecule has 1 heterocycles. The lowest BCUT2D eigenvalue weighted by molar-refractivity contribution is 0.0514. The molecule has 0 aliphatic carbocycles. The average molecular weight is 277 g/mol. The zero-order valence-corrected chi connectivity index (χ0v) is 11.3. The molecule has 0 saturated carbocycles. The van der Waals surface area contributed by atoms with Crippen LogP contribution < -0.4 is 5.32 Å². The Morgan fingerprint density at radius 2 is 2.15 bits per heavy atom. The summed E-state index contributed by atoms with van der Waals surface area (Å²) in [5, 5.41) is 11.7. The van der Waals surface area contributed by atoms with Crippen molar-refractivity contribution in [1.82, 2.24) is 5.32 Å². The Bertz CT molecular complexity index is 481. The van der Waals surface area contributed by atoms with E-state index in [1.165, 1.54) is 12.1 Å². The lowest BCUT2D eigenvalue weighted by atomic mass is 9.99. The minimum atomic E-state index is -1.03. The van der Waals surface area contributed by atoms with E-state index in [1.54, 1.807) is 12.1 Å². The first-order valence-electron chi connectivity index (χ1n) is 6.86. The van der Waals surface area contributed by atoms with Gasteiger partial charge in [-0.25, -0.2) is 4.79 Å². The highest BCUT2D eigenvalue weighted by molar-refractivity contribution is 5.97. The maximum atomic E-state index is 11.9. The number of hydrogen-bond donors (Lipinski definition) is 2. The molecule has 20 heavy (non-hydrogen) atoms. The Labute approximate surface area is 117 Å². The molecule has 1 aliphatic rings. The number of benzene rings is 1. The molecule has 1 amide bonds. The van der Waals surface area contributed by atoms with E-state index < -0.39 is 5.97 Å². The summed E-state index contributed by atoms with van der Waals surface area (Å²) in [6.07, 6.45) is 3.12. The zero-order valence-electron chi connectivity index (χ0n) is 11.3. The monoisotopic (exact) mass is 277 g/mol. The Kier molecular flexibility index (Phi) is 5.12. The summed E-state index contributed by atoms with van der Waals surface area (Å²) in [4.78, 5) is 22.8. The van der Waals surface area contributed by atoms with E-state index in [0.29, 0.717) is 18.0 Å². The number of hydrogen-bond acceptors (Lipinski definition) is 3. The van der Waals surface area contributed by atoms with Crippen LogP contribution in [0.4, 0.5) is 0 Å². The van der Waals surface area contributed by atoms with Crippen LogP contribution in [0.3, 0.4) is 0 Å². The number of carbonyl (C=O) groups is 2. The maximum Gasteiger partial charge on any atom is 0.335 e. The molecule has 0 spiro atoms. The normalized spacial score (nSPS) is 18.5. The van der Waals surface area contributed by atoms with Crippen LogP contribution in [-0.4, -0.2) is 36.7 Å². The first-order valence-corrected chi connectivity index (χ1v) is 6.86. The van der Waals surface area contributed by atoms with Gasteiger partial charge in [0.05, 0.1) is 5.56 Å². The molecule has 1 atom stereocenters. The van der Waals surface area contributed by atoms with Crippen LogP contribution in [0.1, 0.15) is 40.0 Å². The summed E-state index contributed by atoms with van der Waals surface area (Å²) in [5.74, 6) is -0.752. The van der Waals surface area contributed by atoms with Crippen molar-refractivity contribution in [3.05, 3.63) is 35.4 Å². The Morgan fingerprint density at radius 3 is 2.85 bits per heavy atom. The second-order valence-corrected chi connectivity index (χ2v) is 5.01. The third-order valence-corrected chi connectivity index (χ3v) is 3.46. The summed E-state index contributed by atoms with van der Waals surface area (Å²) < 4.78 is 5.39. The van der Waals surface area contributed by atoms with Crippen LogP contribution in [0.2, 0.25) is 0 Å². The fraction of sp³-hybridized carbons (Fsp3) is 0.467. The first-order chi connectivity index (χ1) is 9.66. The van der Waals surface area contributed by atoms with E-state index in [1.807, 2.05) is 0 Å². The van der Waals surface area contributed by atoms with Crippen LogP contribution in [-0.2, 0) is 4.74 Å². The first kappa shape index (κ1) is 14.5. The molecule has 1 aliphatic heterocycles. The Morgan fingerprint density at radius 1 is 1.35 bits per heavy atom. The quantitative estimate of drug-likeness (QED) is 0.862. The highest BCUT2D eigenvalue weighted by atomic mass is 16.5. The summed E-state index contributed by atoms with van der Waals surface area (Å²) in [6, 6.07) is 6.05. The molecule has 0 aromatic heterocycles. The highest BCUT2D eigenvalue weighted by Crippen LogP contribution is 2.16. The van der Waals surface area contributed by atoms with Gasteiger partial charge in [-0.1, -0.05) is 6.07 Å². The van der Waals surface area contributed by atoms with Crippen molar-refractivity contribution in [3.63, 3.8) is 0 Å². The van der Waals surface area contributed by atoms with Gasteiger partial charge < -0.3 is 15.2 Å². The zero-order chi connectivity index (χ0) is 14.4. The Hall–Kier alpha value is -1.88. The van der Waals surface area contributed by atoms with Crippen molar-refractivity contribution in [2.45, 2.75) is 19.3 Å². The third kappa shape index (κ3) is 4.06. The largest absolute Gasteiger partial charge is 0.478 e. The molecule has 1 fully saturated rings. The predicted octanol–water partition coefficient (Wildman–Crippen LogP) is 1.93. The second kappa shape index (κ2) is 7.05. The Balaban J connectivity index is 1.82. The minimum absolute atomic E-state index is 0.123. The number of ether oxygens (including phenoxy) is 1. The summed E-state index contributed by atoms with van der Waals surface area (Å²) in [6.45, 7) is 2.19. The fourth-order valence-electron chi connectivity index (χ4n) is 2.32. The molecule has 0 unspecified atom stereocenters. The topological polar surface area (TPSA) is 75.6 Å². The van der Waals surface area contributed by atoms with Crippen LogP contribution in [0.5, 0.6) is 0 Å². The molecule has 1 aromatic rings. The van der Waals surface area contributed by atoms with E-state index in [4.69, 9.17) is 9.84 Å². The molecule has 5 nitrogen and oxygen atoms in total. The van der Waals surface area contributed by atoms with Crippen molar-refractivity contribution in [2.24, 2.45) is 5.92 Å². The van der Waals surface area contributed by atoms with Gasteiger partial charge in [-0.15, -0.1) is 0 Å². The lowest BCUT2D eigenvalue weighted by Crippen LogP contribution is -2.28. The van der Waals surface area contributed by atoms with Crippen molar-refractivity contribution >= 4 is 11.9 Å². The fourth-order valence-corrected chi connectivity index (χ4v) is 2.32. The van der Waals surface area contributed by atoms with E-state index in [9.17, 15) is 9.59 Å². The molecule has 0 bridgehead atoms. The SMILES string of the molecule is O=C(O)c1cccc(C(=O)NCC[C@@H]2CCCOC2)c1. The number of carboxylic acids is 1. The second-order valence-electron chi connectivity index (χ2n) is 5.01. The molecule has 0 radical (unpaired) electrons. The van der Waals surface area contributed by atoms with Crippen molar-refractivity contribution in [3.8, 4) is 0 Å². The van der Waals surface area contributed by atoms with E-state index >= 15 is 0 Å². The third-order valence-electron chi connectivity index (χ3n) is 3.46. The van der Waals surface area contributed by atoms with E-state index in [0.717, 1.165) is 32.5 Å². The van der Waals surface area contributed by atoms with Gasteiger partial charge in [0.25, 0.3) is 5.91 Å².